The van der Waals surface area contributed by atoms with Gasteiger partial charge in [0.15, 0.2) is 5.75 Å². The molecule has 0 aliphatic carbocycles. The lowest BCUT2D eigenvalue weighted by Crippen LogP contribution is -2.09. The number of ether oxygens (including phenoxy) is 2. The van der Waals surface area contributed by atoms with Crippen LogP contribution in [0.25, 0.3) is 0 Å². The Morgan fingerprint density at radius 2 is 2.00 bits per heavy atom. The van der Waals surface area contributed by atoms with E-state index in [1.54, 1.807) is 0 Å². The number of nitrogens with zero attached hydrogens (tertiary/aromatic N) is 1. The molecule has 1 aromatic rings. The molecule has 0 atom stereocenters. The summed E-state index contributed by atoms with van der Waals surface area (Å²) in [7, 11) is 3.26. The van der Waals surface area contributed by atoms with E-state index in [4.69, 9.17) is 15.2 Å². The summed E-state index contributed by atoms with van der Waals surface area (Å²) < 4.78 is 12.3. The second kappa shape index (κ2) is 5.72. The van der Waals surface area contributed by atoms with Crippen molar-refractivity contribution in [3.05, 3.63) is 17.0 Å². The fraction of sp³-hybridized carbons (Fsp3) is 0.583. The first-order valence-electron chi connectivity index (χ1n) is 5.61. The highest BCUT2D eigenvalue weighted by molar-refractivity contribution is 5.94. The molecule has 5 nitrogen and oxygen atoms in total. The van der Waals surface area contributed by atoms with Crippen LogP contribution in [-0.4, -0.2) is 30.8 Å². The Kier molecular flexibility index (Phi) is 4.57. The SMILES string of the molecule is COC(=O)c1c(OCCCN)c(C)n(C)c1C. The molecular weight excluding hydrogens is 220 g/mol. The average molecular weight is 240 g/mol. The van der Waals surface area contributed by atoms with E-state index in [0.29, 0.717) is 24.5 Å². The fourth-order valence-electron chi connectivity index (χ4n) is 1.69. The Balaban J connectivity index is 3.08. The molecule has 0 unspecified atom stereocenters. The van der Waals surface area contributed by atoms with Gasteiger partial charge in [-0.05, 0) is 26.8 Å². The van der Waals surface area contributed by atoms with Crippen molar-refractivity contribution < 1.29 is 14.3 Å². The Hall–Kier alpha value is -1.49. The predicted octanol–water partition coefficient (Wildman–Crippen LogP) is 1.16. The highest BCUT2D eigenvalue weighted by Crippen LogP contribution is 2.29. The number of carbonyl (C=O) groups is 1. The second-order valence-corrected chi connectivity index (χ2v) is 3.92. The van der Waals surface area contributed by atoms with Gasteiger partial charge < -0.3 is 19.8 Å². The molecule has 0 radical (unpaired) electrons. The summed E-state index contributed by atoms with van der Waals surface area (Å²) in [4.78, 5) is 11.7. The number of aromatic nitrogens is 1. The van der Waals surface area contributed by atoms with Crippen molar-refractivity contribution in [2.24, 2.45) is 12.8 Å². The lowest BCUT2D eigenvalue weighted by atomic mass is 10.2. The fourth-order valence-corrected chi connectivity index (χ4v) is 1.69. The molecule has 5 heteroatoms. The molecule has 0 amide bonds. The van der Waals surface area contributed by atoms with Gasteiger partial charge in [-0.3, -0.25) is 0 Å². The van der Waals surface area contributed by atoms with Gasteiger partial charge in [-0.15, -0.1) is 0 Å². The molecule has 0 aliphatic rings. The van der Waals surface area contributed by atoms with E-state index in [-0.39, 0.29) is 5.97 Å². The lowest BCUT2D eigenvalue weighted by Gasteiger charge is -2.07. The van der Waals surface area contributed by atoms with Crippen LogP contribution in [0.5, 0.6) is 5.75 Å². The topological polar surface area (TPSA) is 66.5 Å². The minimum atomic E-state index is -0.367. The average Bonchev–Trinajstić information content (AvgIpc) is 2.54. The quantitative estimate of drug-likeness (QED) is 0.619. The first-order valence-corrected chi connectivity index (χ1v) is 5.61. The minimum Gasteiger partial charge on any atom is -0.491 e. The Morgan fingerprint density at radius 3 is 2.53 bits per heavy atom. The summed E-state index contributed by atoms with van der Waals surface area (Å²) in [5.74, 6) is 0.235. The van der Waals surface area contributed by atoms with E-state index < -0.39 is 0 Å². The second-order valence-electron chi connectivity index (χ2n) is 3.92. The van der Waals surface area contributed by atoms with E-state index in [1.807, 2.05) is 25.5 Å². The summed E-state index contributed by atoms with van der Waals surface area (Å²) in [6.07, 6.45) is 0.758. The zero-order chi connectivity index (χ0) is 13.0. The van der Waals surface area contributed by atoms with Crippen molar-refractivity contribution in [3.8, 4) is 5.75 Å². The molecule has 0 aromatic carbocycles. The van der Waals surface area contributed by atoms with Crippen molar-refractivity contribution in [2.75, 3.05) is 20.3 Å². The van der Waals surface area contributed by atoms with Crippen molar-refractivity contribution in [1.29, 1.82) is 0 Å². The van der Waals surface area contributed by atoms with Crippen LogP contribution >= 0.6 is 0 Å². The molecule has 2 N–H and O–H groups in total. The number of hydrogen-bond donors (Lipinski definition) is 1. The Morgan fingerprint density at radius 1 is 1.35 bits per heavy atom. The first-order chi connectivity index (χ1) is 8.04. The van der Waals surface area contributed by atoms with Crippen molar-refractivity contribution in [3.63, 3.8) is 0 Å². The van der Waals surface area contributed by atoms with E-state index in [2.05, 4.69) is 0 Å². The zero-order valence-corrected chi connectivity index (χ0v) is 10.9. The molecular formula is C12H20N2O3. The molecule has 96 valence electrons. The van der Waals surface area contributed by atoms with Crippen LogP contribution in [0, 0.1) is 13.8 Å². The van der Waals surface area contributed by atoms with Crippen LogP contribution in [-0.2, 0) is 11.8 Å². The monoisotopic (exact) mass is 240 g/mol. The van der Waals surface area contributed by atoms with Crippen LogP contribution in [0.4, 0.5) is 0 Å². The number of hydrogen-bond acceptors (Lipinski definition) is 4. The van der Waals surface area contributed by atoms with Crippen LogP contribution in [0.2, 0.25) is 0 Å². The molecule has 1 rings (SSSR count). The Labute approximate surface area is 101 Å². The minimum absolute atomic E-state index is 0.367. The number of carbonyl (C=O) groups excluding carboxylic acids is 1. The lowest BCUT2D eigenvalue weighted by molar-refractivity contribution is 0.0595. The molecule has 0 saturated carbocycles. The number of nitrogens with two attached hydrogens (primary N) is 1. The summed E-state index contributed by atoms with van der Waals surface area (Å²) in [6, 6.07) is 0. The highest BCUT2D eigenvalue weighted by Gasteiger charge is 2.23. The number of esters is 1. The van der Waals surface area contributed by atoms with E-state index in [1.165, 1.54) is 7.11 Å². The third-order valence-electron chi connectivity index (χ3n) is 2.91. The zero-order valence-electron chi connectivity index (χ0n) is 10.9. The van der Waals surface area contributed by atoms with Crippen molar-refractivity contribution in [1.82, 2.24) is 4.57 Å². The smallest absolute Gasteiger partial charge is 0.343 e. The standard InChI is InChI=1S/C12H20N2O3/c1-8-10(12(15)16-4)11(9(2)14(8)3)17-7-5-6-13/h5-7,13H2,1-4H3. The van der Waals surface area contributed by atoms with Gasteiger partial charge in [-0.1, -0.05) is 0 Å². The maximum absolute atomic E-state index is 11.7. The van der Waals surface area contributed by atoms with Gasteiger partial charge in [0.2, 0.25) is 0 Å². The van der Waals surface area contributed by atoms with Gasteiger partial charge in [0, 0.05) is 12.7 Å². The molecule has 0 saturated heterocycles. The molecule has 0 bridgehead atoms. The van der Waals surface area contributed by atoms with Crippen LogP contribution < -0.4 is 10.5 Å². The summed E-state index contributed by atoms with van der Waals surface area (Å²) in [6.45, 7) is 4.86. The predicted molar refractivity (Wildman–Crippen MR) is 65.4 cm³/mol. The van der Waals surface area contributed by atoms with Crippen LogP contribution in [0.1, 0.15) is 28.2 Å². The normalized spacial score (nSPS) is 10.4. The van der Waals surface area contributed by atoms with Crippen LogP contribution in [0.15, 0.2) is 0 Å². The number of rotatable bonds is 5. The third-order valence-corrected chi connectivity index (χ3v) is 2.91. The molecule has 1 heterocycles. The van der Waals surface area contributed by atoms with E-state index >= 15 is 0 Å². The van der Waals surface area contributed by atoms with Crippen LogP contribution in [0.3, 0.4) is 0 Å². The van der Waals surface area contributed by atoms with Gasteiger partial charge >= 0.3 is 5.97 Å². The molecule has 0 fully saturated rings. The maximum Gasteiger partial charge on any atom is 0.343 e. The molecule has 0 aliphatic heterocycles. The number of methoxy groups -OCH3 is 1. The molecule has 0 spiro atoms. The van der Waals surface area contributed by atoms with Gasteiger partial charge in [0.1, 0.15) is 5.56 Å². The summed E-state index contributed by atoms with van der Waals surface area (Å²) >= 11 is 0. The molecule has 1 aromatic heterocycles. The van der Waals surface area contributed by atoms with Crippen molar-refractivity contribution in [2.45, 2.75) is 20.3 Å². The van der Waals surface area contributed by atoms with Gasteiger partial charge in [0.05, 0.1) is 19.4 Å². The van der Waals surface area contributed by atoms with E-state index in [0.717, 1.165) is 17.8 Å². The summed E-state index contributed by atoms with van der Waals surface area (Å²) in [5.41, 5.74) is 7.68. The van der Waals surface area contributed by atoms with Gasteiger partial charge in [-0.2, -0.15) is 0 Å². The third kappa shape index (κ3) is 2.61. The van der Waals surface area contributed by atoms with Gasteiger partial charge in [-0.25, -0.2) is 4.79 Å². The first kappa shape index (κ1) is 13.6. The maximum atomic E-state index is 11.7. The van der Waals surface area contributed by atoms with Crippen molar-refractivity contribution >= 4 is 5.97 Å². The van der Waals surface area contributed by atoms with E-state index in [9.17, 15) is 4.79 Å². The summed E-state index contributed by atoms with van der Waals surface area (Å²) in [5, 5.41) is 0. The largest absolute Gasteiger partial charge is 0.491 e. The highest BCUT2D eigenvalue weighted by atomic mass is 16.5. The molecule has 17 heavy (non-hydrogen) atoms. The Bertz CT molecular complexity index is 410. The van der Waals surface area contributed by atoms with Gasteiger partial charge in [0.25, 0.3) is 0 Å².